The van der Waals surface area contributed by atoms with Gasteiger partial charge < -0.3 is 10.1 Å². The van der Waals surface area contributed by atoms with Crippen LogP contribution in [0.1, 0.15) is 25.1 Å². The van der Waals surface area contributed by atoms with Gasteiger partial charge in [-0.3, -0.25) is 4.68 Å². The first-order valence-corrected chi connectivity index (χ1v) is 7.81. The van der Waals surface area contributed by atoms with Crippen molar-refractivity contribution in [3.63, 3.8) is 0 Å². The lowest BCUT2D eigenvalue weighted by atomic mass is 10.2. The molecule has 0 bridgehead atoms. The Morgan fingerprint density at radius 1 is 1.38 bits per heavy atom. The van der Waals surface area contributed by atoms with Crippen molar-refractivity contribution in [2.24, 2.45) is 13.0 Å². The number of hydrogen-bond acceptors (Lipinski definition) is 4. The second kappa shape index (κ2) is 7.56. The quantitative estimate of drug-likeness (QED) is 0.832. The maximum atomic E-state index is 5.92. The summed E-state index contributed by atoms with van der Waals surface area (Å²) in [4.78, 5) is 0. The highest BCUT2D eigenvalue weighted by molar-refractivity contribution is 9.10. The minimum Gasteiger partial charge on any atom is -0.486 e. The van der Waals surface area contributed by atoms with E-state index in [0.29, 0.717) is 12.5 Å². The number of halogens is 1. The van der Waals surface area contributed by atoms with Crippen LogP contribution in [0.3, 0.4) is 0 Å². The lowest BCUT2D eigenvalue weighted by molar-refractivity contribution is 0.295. The summed E-state index contributed by atoms with van der Waals surface area (Å²) < 4.78 is 8.55. The maximum Gasteiger partial charge on any atom is 0.138 e. The normalized spacial score (nSPS) is 11.1. The Kier molecular flexibility index (Phi) is 5.76. The van der Waals surface area contributed by atoms with Gasteiger partial charge in [0, 0.05) is 19.2 Å². The monoisotopic (exact) mass is 352 g/mol. The molecule has 0 unspecified atom stereocenters. The van der Waals surface area contributed by atoms with Gasteiger partial charge in [-0.15, -0.1) is 5.10 Å². The van der Waals surface area contributed by atoms with Gasteiger partial charge in [-0.25, -0.2) is 0 Å². The Labute approximate surface area is 133 Å². The molecule has 0 radical (unpaired) electrons. The Bertz CT molecular complexity index is 583. The van der Waals surface area contributed by atoms with Gasteiger partial charge in [0.2, 0.25) is 0 Å². The van der Waals surface area contributed by atoms with Crippen molar-refractivity contribution in [1.82, 2.24) is 20.3 Å². The Morgan fingerprint density at radius 2 is 2.19 bits per heavy atom. The van der Waals surface area contributed by atoms with E-state index in [2.05, 4.69) is 51.5 Å². The molecule has 1 N–H and O–H groups in total. The SMILES string of the molecule is CC(C)CNCc1cccc(Br)c1OCc1cn(C)nn1. The van der Waals surface area contributed by atoms with E-state index < -0.39 is 0 Å². The van der Waals surface area contributed by atoms with Gasteiger partial charge in [0.25, 0.3) is 0 Å². The van der Waals surface area contributed by atoms with Crippen LogP contribution in [-0.2, 0) is 20.2 Å². The number of para-hydroxylation sites is 1. The molecule has 114 valence electrons. The number of nitrogens with zero attached hydrogens (tertiary/aromatic N) is 3. The third-order valence-corrected chi connectivity index (χ3v) is 3.56. The van der Waals surface area contributed by atoms with Crippen LogP contribution in [0, 0.1) is 5.92 Å². The van der Waals surface area contributed by atoms with Crippen LogP contribution in [-0.4, -0.2) is 21.5 Å². The second-order valence-electron chi connectivity index (χ2n) is 5.43. The molecule has 2 rings (SSSR count). The zero-order valence-electron chi connectivity index (χ0n) is 12.6. The molecule has 21 heavy (non-hydrogen) atoms. The molecular weight excluding hydrogens is 332 g/mol. The molecule has 1 aromatic heterocycles. The van der Waals surface area contributed by atoms with E-state index in [-0.39, 0.29) is 0 Å². The summed E-state index contributed by atoms with van der Waals surface area (Å²) in [6, 6.07) is 6.08. The molecule has 0 spiro atoms. The lowest BCUT2D eigenvalue weighted by Crippen LogP contribution is -2.19. The summed E-state index contributed by atoms with van der Waals surface area (Å²) in [5.74, 6) is 1.49. The predicted molar refractivity (Wildman–Crippen MR) is 86.0 cm³/mol. The third-order valence-electron chi connectivity index (χ3n) is 2.93. The highest BCUT2D eigenvalue weighted by atomic mass is 79.9. The van der Waals surface area contributed by atoms with Crippen molar-refractivity contribution < 1.29 is 4.74 Å². The molecule has 6 heteroatoms. The summed E-state index contributed by atoms with van der Waals surface area (Å²) in [5, 5.41) is 11.4. The molecule has 0 saturated heterocycles. The fraction of sp³-hybridized carbons (Fsp3) is 0.467. The third kappa shape index (κ3) is 4.82. The van der Waals surface area contributed by atoms with Crippen LogP contribution in [0.15, 0.2) is 28.9 Å². The number of benzene rings is 1. The molecule has 0 aliphatic carbocycles. The van der Waals surface area contributed by atoms with Crippen LogP contribution in [0.5, 0.6) is 5.75 Å². The minimum absolute atomic E-state index is 0.410. The number of hydrogen-bond donors (Lipinski definition) is 1. The molecule has 0 saturated carbocycles. The molecule has 0 aliphatic rings. The molecule has 0 atom stereocenters. The van der Waals surface area contributed by atoms with Gasteiger partial charge in [-0.05, 0) is 34.5 Å². The highest BCUT2D eigenvalue weighted by Crippen LogP contribution is 2.29. The number of aryl methyl sites for hydroxylation is 1. The lowest BCUT2D eigenvalue weighted by Gasteiger charge is -2.14. The first kappa shape index (κ1) is 16.0. The smallest absolute Gasteiger partial charge is 0.138 e. The van der Waals surface area contributed by atoms with Gasteiger partial charge in [0.1, 0.15) is 18.1 Å². The van der Waals surface area contributed by atoms with Crippen LogP contribution in [0.4, 0.5) is 0 Å². The summed E-state index contributed by atoms with van der Waals surface area (Å²) in [7, 11) is 1.84. The molecular formula is C15H21BrN4O. The minimum atomic E-state index is 0.410. The fourth-order valence-electron chi connectivity index (χ4n) is 1.96. The van der Waals surface area contributed by atoms with E-state index in [1.165, 1.54) is 0 Å². The van der Waals surface area contributed by atoms with E-state index in [1.807, 2.05) is 25.4 Å². The topological polar surface area (TPSA) is 52.0 Å². The highest BCUT2D eigenvalue weighted by Gasteiger charge is 2.09. The Hall–Kier alpha value is -1.40. The van der Waals surface area contributed by atoms with Crippen molar-refractivity contribution in [1.29, 1.82) is 0 Å². The average molecular weight is 353 g/mol. The largest absolute Gasteiger partial charge is 0.486 e. The van der Waals surface area contributed by atoms with E-state index in [9.17, 15) is 0 Å². The van der Waals surface area contributed by atoms with Crippen molar-refractivity contribution in [2.75, 3.05) is 6.54 Å². The zero-order valence-corrected chi connectivity index (χ0v) is 14.2. The number of aromatic nitrogens is 3. The molecule has 1 aromatic carbocycles. The van der Waals surface area contributed by atoms with Crippen molar-refractivity contribution >= 4 is 15.9 Å². The fourth-order valence-corrected chi connectivity index (χ4v) is 2.48. The van der Waals surface area contributed by atoms with E-state index in [0.717, 1.165) is 34.6 Å². The Morgan fingerprint density at radius 3 is 2.86 bits per heavy atom. The predicted octanol–water partition coefficient (Wildman–Crippen LogP) is 2.90. The molecule has 0 fully saturated rings. The Balaban J connectivity index is 2.02. The summed E-state index contributed by atoms with van der Waals surface area (Å²) >= 11 is 3.55. The molecule has 1 heterocycles. The summed E-state index contributed by atoms with van der Waals surface area (Å²) in [6.45, 7) is 6.57. The maximum absolute atomic E-state index is 5.92. The second-order valence-corrected chi connectivity index (χ2v) is 6.28. The van der Waals surface area contributed by atoms with Crippen LogP contribution >= 0.6 is 15.9 Å². The van der Waals surface area contributed by atoms with Crippen molar-refractivity contribution in [3.8, 4) is 5.75 Å². The zero-order chi connectivity index (χ0) is 15.2. The number of rotatable bonds is 7. The number of ether oxygens (including phenoxy) is 1. The van der Waals surface area contributed by atoms with Gasteiger partial charge in [0.15, 0.2) is 0 Å². The average Bonchev–Trinajstić information content (AvgIpc) is 2.83. The van der Waals surface area contributed by atoms with Crippen molar-refractivity contribution in [2.45, 2.75) is 27.0 Å². The van der Waals surface area contributed by atoms with Gasteiger partial charge in [-0.2, -0.15) is 0 Å². The molecule has 5 nitrogen and oxygen atoms in total. The van der Waals surface area contributed by atoms with Crippen LogP contribution in [0.2, 0.25) is 0 Å². The van der Waals surface area contributed by atoms with Gasteiger partial charge in [-0.1, -0.05) is 31.2 Å². The van der Waals surface area contributed by atoms with Crippen molar-refractivity contribution in [3.05, 3.63) is 40.1 Å². The first-order valence-electron chi connectivity index (χ1n) is 7.02. The number of nitrogens with one attached hydrogen (secondary N) is 1. The van der Waals surface area contributed by atoms with E-state index in [4.69, 9.17) is 4.74 Å². The van der Waals surface area contributed by atoms with Crippen LogP contribution < -0.4 is 10.1 Å². The standard InChI is InChI=1S/C15H21BrN4O/c1-11(2)7-17-8-12-5-4-6-14(16)15(12)21-10-13-9-20(3)19-18-13/h4-6,9,11,17H,7-8,10H2,1-3H3. The first-order chi connectivity index (χ1) is 10.1. The molecule has 2 aromatic rings. The summed E-state index contributed by atoms with van der Waals surface area (Å²) in [5.41, 5.74) is 1.95. The molecule has 0 aliphatic heterocycles. The molecule has 0 amide bonds. The van der Waals surface area contributed by atoms with Crippen LogP contribution in [0.25, 0.3) is 0 Å². The van der Waals surface area contributed by atoms with Gasteiger partial charge >= 0.3 is 0 Å². The van der Waals surface area contributed by atoms with E-state index in [1.54, 1.807) is 4.68 Å². The summed E-state index contributed by atoms with van der Waals surface area (Å²) in [6.07, 6.45) is 1.85. The van der Waals surface area contributed by atoms with E-state index >= 15 is 0 Å². The van der Waals surface area contributed by atoms with Gasteiger partial charge in [0.05, 0.1) is 10.7 Å².